The van der Waals surface area contributed by atoms with Crippen LogP contribution in [0.4, 0.5) is 0 Å². The Hall–Kier alpha value is -0.940. The highest BCUT2D eigenvalue weighted by atomic mass is 32.2. The van der Waals surface area contributed by atoms with Gasteiger partial charge in [-0.2, -0.15) is 0 Å². The van der Waals surface area contributed by atoms with Crippen molar-refractivity contribution >= 4 is 10.0 Å². The zero-order chi connectivity index (χ0) is 11.5. The molecule has 0 aliphatic heterocycles. The third-order valence-corrected chi connectivity index (χ3v) is 3.12. The lowest BCUT2D eigenvalue weighted by molar-refractivity contribution is 0.407. The van der Waals surface area contributed by atoms with E-state index < -0.39 is 10.0 Å². The van der Waals surface area contributed by atoms with Crippen LogP contribution < -0.4 is 4.72 Å². The van der Waals surface area contributed by atoms with Gasteiger partial charge in [-0.05, 0) is 17.5 Å². The standard InChI is InChI=1S/C10H16N2O2S/c1-10(2,3)8-12-15(13,14)9-5-4-6-11-7-9/h4-7,12H,8H2,1-3H3. The van der Waals surface area contributed by atoms with E-state index in [9.17, 15) is 8.42 Å². The molecule has 4 nitrogen and oxygen atoms in total. The lowest BCUT2D eigenvalue weighted by Gasteiger charge is -2.18. The molecule has 0 saturated heterocycles. The molecule has 0 saturated carbocycles. The summed E-state index contributed by atoms with van der Waals surface area (Å²) in [4.78, 5) is 3.98. The maximum Gasteiger partial charge on any atom is 0.242 e. The van der Waals surface area contributed by atoms with Gasteiger partial charge in [0.1, 0.15) is 4.90 Å². The van der Waals surface area contributed by atoms with Crippen molar-refractivity contribution in [3.8, 4) is 0 Å². The molecule has 84 valence electrons. The molecule has 0 amide bonds. The third kappa shape index (κ3) is 3.97. The van der Waals surface area contributed by atoms with Crippen molar-refractivity contribution in [3.05, 3.63) is 24.5 Å². The monoisotopic (exact) mass is 228 g/mol. The lowest BCUT2D eigenvalue weighted by Crippen LogP contribution is -2.32. The Morgan fingerprint density at radius 3 is 2.53 bits per heavy atom. The normalized spacial score (nSPS) is 12.7. The molecule has 1 aromatic heterocycles. The summed E-state index contributed by atoms with van der Waals surface area (Å²) in [5.41, 5.74) is -0.0741. The first-order valence-corrected chi connectivity index (χ1v) is 6.19. The average Bonchev–Trinajstić information content (AvgIpc) is 2.16. The fourth-order valence-electron chi connectivity index (χ4n) is 0.901. The van der Waals surface area contributed by atoms with Gasteiger partial charge in [-0.25, -0.2) is 13.1 Å². The summed E-state index contributed by atoms with van der Waals surface area (Å²) in [5, 5.41) is 0. The highest BCUT2D eigenvalue weighted by molar-refractivity contribution is 7.89. The van der Waals surface area contributed by atoms with Gasteiger partial charge in [-0.1, -0.05) is 20.8 Å². The van der Waals surface area contributed by atoms with E-state index in [0.29, 0.717) is 6.54 Å². The predicted molar refractivity (Wildman–Crippen MR) is 58.9 cm³/mol. The van der Waals surface area contributed by atoms with Crippen molar-refractivity contribution in [3.63, 3.8) is 0 Å². The molecule has 0 aliphatic carbocycles. The smallest absolute Gasteiger partial charge is 0.242 e. The summed E-state index contributed by atoms with van der Waals surface area (Å²) in [6, 6.07) is 3.13. The molecule has 1 heterocycles. The van der Waals surface area contributed by atoms with Crippen LogP contribution in [0.3, 0.4) is 0 Å². The molecule has 0 spiro atoms. The van der Waals surface area contributed by atoms with Gasteiger partial charge < -0.3 is 0 Å². The number of nitrogens with one attached hydrogen (secondary N) is 1. The predicted octanol–water partition coefficient (Wildman–Crippen LogP) is 1.41. The molecule has 1 rings (SSSR count). The van der Waals surface area contributed by atoms with Gasteiger partial charge in [0.15, 0.2) is 0 Å². The molecule has 5 heteroatoms. The Bertz CT molecular complexity index is 407. The fourth-order valence-corrected chi connectivity index (χ4v) is 2.15. The van der Waals surface area contributed by atoms with Crippen LogP contribution in [0, 0.1) is 5.41 Å². The largest absolute Gasteiger partial charge is 0.263 e. The second-order valence-corrected chi connectivity index (χ2v) is 6.34. The summed E-state index contributed by atoms with van der Waals surface area (Å²) in [5.74, 6) is 0. The molecule has 0 unspecified atom stereocenters. The summed E-state index contributed by atoms with van der Waals surface area (Å²) >= 11 is 0. The molecule has 0 aliphatic rings. The van der Waals surface area contributed by atoms with E-state index in [4.69, 9.17) is 0 Å². The van der Waals surface area contributed by atoms with Crippen LogP contribution in [0.1, 0.15) is 20.8 Å². The Morgan fingerprint density at radius 1 is 1.40 bits per heavy atom. The van der Waals surface area contributed by atoms with E-state index in [0.717, 1.165) is 0 Å². The van der Waals surface area contributed by atoms with Crippen LogP contribution in [-0.4, -0.2) is 19.9 Å². The maximum absolute atomic E-state index is 11.7. The average molecular weight is 228 g/mol. The summed E-state index contributed by atoms with van der Waals surface area (Å²) < 4.78 is 26.0. The molecule has 0 fully saturated rings. The minimum absolute atomic E-state index is 0.0741. The van der Waals surface area contributed by atoms with Crippen LogP contribution in [0.25, 0.3) is 0 Å². The lowest BCUT2D eigenvalue weighted by atomic mass is 9.98. The number of pyridine rings is 1. The van der Waals surface area contributed by atoms with Crippen LogP contribution in [0.15, 0.2) is 29.4 Å². The van der Waals surface area contributed by atoms with Crippen molar-refractivity contribution in [2.45, 2.75) is 25.7 Å². The third-order valence-electron chi connectivity index (χ3n) is 1.74. The SMILES string of the molecule is CC(C)(C)CNS(=O)(=O)c1cccnc1. The summed E-state index contributed by atoms with van der Waals surface area (Å²) in [7, 11) is -3.41. The quantitative estimate of drug-likeness (QED) is 0.851. The highest BCUT2D eigenvalue weighted by Crippen LogP contribution is 2.13. The first-order valence-electron chi connectivity index (χ1n) is 4.71. The summed E-state index contributed by atoms with van der Waals surface area (Å²) in [6.07, 6.45) is 2.88. The van der Waals surface area contributed by atoms with Gasteiger partial charge >= 0.3 is 0 Å². The van der Waals surface area contributed by atoms with Crippen LogP contribution in [-0.2, 0) is 10.0 Å². The van der Waals surface area contributed by atoms with Gasteiger partial charge in [0.05, 0.1) is 0 Å². The van der Waals surface area contributed by atoms with Gasteiger partial charge in [-0.3, -0.25) is 4.98 Å². The van der Waals surface area contributed by atoms with E-state index in [2.05, 4.69) is 9.71 Å². The van der Waals surface area contributed by atoms with Crippen molar-refractivity contribution in [2.75, 3.05) is 6.54 Å². The van der Waals surface area contributed by atoms with E-state index in [-0.39, 0.29) is 10.3 Å². The number of hydrogen-bond donors (Lipinski definition) is 1. The van der Waals surface area contributed by atoms with Gasteiger partial charge in [-0.15, -0.1) is 0 Å². The van der Waals surface area contributed by atoms with E-state index in [1.807, 2.05) is 20.8 Å². The van der Waals surface area contributed by atoms with E-state index in [1.54, 1.807) is 12.3 Å². The minimum atomic E-state index is -3.41. The number of nitrogens with zero attached hydrogens (tertiary/aromatic N) is 1. The van der Waals surface area contributed by atoms with Crippen LogP contribution >= 0.6 is 0 Å². The van der Waals surface area contributed by atoms with Gasteiger partial charge in [0.25, 0.3) is 0 Å². The highest BCUT2D eigenvalue weighted by Gasteiger charge is 2.18. The zero-order valence-corrected chi connectivity index (χ0v) is 10.0. The number of sulfonamides is 1. The van der Waals surface area contributed by atoms with E-state index >= 15 is 0 Å². The van der Waals surface area contributed by atoms with E-state index in [1.165, 1.54) is 12.3 Å². The zero-order valence-electron chi connectivity index (χ0n) is 9.19. The van der Waals surface area contributed by atoms with Gasteiger partial charge in [0, 0.05) is 18.9 Å². The van der Waals surface area contributed by atoms with Crippen molar-refractivity contribution in [2.24, 2.45) is 5.41 Å². The molecule has 0 radical (unpaired) electrons. The van der Waals surface area contributed by atoms with Crippen LogP contribution in [0.5, 0.6) is 0 Å². The topological polar surface area (TPSA) is 59.1 Å². The van der Waals surface area contributed by atoms with Crippen molar-refractivity contribution in [1.29, 1.82) is 0 Å². The maximum atomic E-state index is 11.7. The summed E-state index contributed by atoms with van der Waals surface area (Å²) in [6.45, 7) is 6.32. The Labute approximate surface area is 90.8 Å². The molecule has 0 bridgehead atoms. The fraction of sp³-hybridized carbons (Fsp3) is 0.500. The Morgan fingerprint density at radius 2 is 2.07 bits per heavy atom. The molecule has 0 atom stereocenters. The van der Waals surface area contributed by atoms with Crippen molar-refractivity contribution < 1.29 is 8.42 Å². The molecular formula is C10H16N2O2S. The Balaban J connectivity index is 2.78. The molecular weight excluding hydrogens is 212 g/mol. The first kappa shape index (κ1) is 12.1. The number of aromatic nitrogens is 1. The molecule has 1 aromatic rings. The van der Waals surface area contributed by atoms with Gasteiger partial charge in [0.2, 0.25) is 10.0 Å². The molecule has 15 heavy (non-hydrogen) atoms. The van der Waals surface area contributed by atoms with Crippen molar-refractivity contribution in [1.82, 2.24) is 9.71 Å². The number of rotatable bonds is 3. The van der Waals surface area contributed by atoms with Crippen LogP contribution in [0.2, 0.25) is 0 Å². The molecule has 1 N–H and O–H groups in total. The second-order valence-electron chi connectivity index (χ2n) is 4.57. The Kier molecular flexibility index (Phi) is 3.46. The number of hydrogen-bond acceptors (Lipinski definition) is 3. The second kappa shape index (κ2) is 4.28. The molecule has 0 aromatic carbocycles. The minimum Gasteiger partial charge on any atom is -0.263 e. The first-order chi connectivity index (χ1) is 6.81.